The summed E-state index contributed by atoms with van der Waals surface area (Å²) in [6.45, 7) is 5.01. The molecule has 0 fully saturated rings. The van der Waals surface area contributed by atoms with Crippen molar-refractivity contribution in [1.29, 1.82) is 0 Å². The van der Waals surface area contributed by atoms with E-state index in [1.807, 2.05) is 18.2 Å². The van der Waals surface area contributed by atoms with Crippen molar-refractivity contribution in [3.8, 4) is 34.5 Å². The molecule has 2 aromatic carbocycles. The number of rotatable bonds is 1. The quantitative estimate of drug-likeness (QED) is 0.739. The van der Waals surface area contributed by atoms with Crippen LogP contribution in [0.25, 0.3) is 0 Å². The highest BCUT2D eigenvalue weighted by atomic mass is 16.7. The molecule has 4 heterocycles. The molecule has 0 aliphatic carbocycles. The fourth-order valence-electron chi connectivity index (χ4n) is 4.72. The van der Waals surface area contributed by atoms with E-state index in [2.05, 4.69) is 13.8 Å². The van der Waals surface area contributed by atoms with Crippen molar-refractivity contribution in [2.75, 3.05) is 20.5 Å². The van der Waals surface area contributed by atoms with Gasteiger partial charge in [0.1, 0.15) is 34.7 Å². The fourth-order valence-corrected chi connectivity index (χ4v) is 4.72. The highest BCUT2D eigenvalue weighted by molar-refractivity contribution is 5.63. The lowest BCUT2D eigenvalue weighted by molar-refractivity contribution is 0.0808. The van der Waals surface area contributed by atoms with Crippen molar-refractivity contribution in [1.82, 2.24) is 0 Å². The number of methoxy groups -OCH3 is 1. The van der Waals surface area contributed by atoms with Gasteiger partial charge < -0.3 is 28.4 Å². The maximum absolute atomic E-state index is 6.40. The largest absolute Gasteiger partial charge is 0.496 e. The van der Waals surface area contributed by atoms with Crippen LogP contribution >= 0.6 is 0 Å². The molecule has 0 radical (unpaired) electrons. The van der Waals surface area contributed by atoms with Crippen LogP contribution in [0.4, 0.5) is 0 Å². The highest BCUT2D eigenvalue weighted by Gasteiger charge is 2.45. The second-order valence-electron chi connectivity index (χ2n) is 8.36. The average molecular weight is 382 g/mol. The van der Waals surface area contributed by atoms with E-state index in [1.54, 1.807) is 7.11 Å². The normalized spacial score (nSPS) is 24.7. The summed E-state index contributed by atoms with van der Waals surface area (Å²) in [6.07, 6.45) is 1.68. The molecule has 2 aromatic rings. The van der Waals surface area contributed by atoms with E-state index >= 15 is 0 Å². The molecule has 2 atom stereocenters. The van der Waals surface area contributed by atoms with Gasteiger partial charge in [0.25, 0.3) is 0 Å². The number of benzene rings is 2. The molecule has 4 aliphatic rings. The van der Waals surface area contributed by atoms with Gasteiger partial charge in [0.2, 0.25) is 6.79 Å². The zero-order valence-electron chi connectivity index (χ0n) is 16.2. The summed E-state index contributed by atoms with van der Waals surface area (Å²) in [7, 11) is 1.71. The summed E-state index contributed by atoms with van der Waals surface area (Å²) < 4.78 is 35.7. The molecule has 0 spiro atoms. The smallest absolute Gasteiger partial charge is 0.231 e. The summed E-state index contributed by atoms with van der Waals surface area (Å²) >= 11 is 0. The first kappa shape index (κ1) is 16.2. The summed E-state index contributed by atoms with van der Waals surface area (Å²) in [6, 6.07) is 5.95. The lowest BCUT2D eigenvalue weighted by atomic mass is 9.85. The molecule has 0 aromatic heterocycles. The lowest BCUT2D eigenvalue weighted by Crippen LogP contribution is -2.33. The Hall–Kier alpha value is -2.76. The summed E-state index contributed by atoms with van der Waals surface area (Å²) in [4.78, 5) is 0. The van der Waals surface area contributed by atoms with E-state index in [0.29, 0.717) is 6.61 Å². The zero-order chi connectivity index (χ0) is 19.0. The van der Waals surface area contributed by atoms with Crippen LogP contribution in [0.5, 0.6) is 34.5 Å². The van der Waals surface area contributed by atoms with E-state index < -0.39 is 0 Å². The lowest BCUT2D eigenvalue weighted by Gasteiger charge is -2.36. The van der Waals surface area contributed by atoms with Crippen LogP contribution in [0, 0.1) is 0 Å². The van der Waals surface area contributed by atoms with Gasteiger partial charge in [-0.25, -0.2) is 0 Å². The minimum Gasteiger partial charge on any atom is -0.496 e. The number of fused-ring (bicyclic) bond motifs is 7. The van der Waals surface area contributed by atoms with Crippen LogP contribution in [-0.2, 0) is 6.42 Å². The Balaban J connectivity index is 1.47. The van der Waals surface area contributed by atoms with Gasteiger partial charge in [0.05, 0.1) is 25.2 Å². The molecular weight excluding hydrogens is 360 g/mol. The maximum Gasteiger partial charge on any atom is 0.231 e. The Kier molecular flexibility index (Phi) is 3.13. The van der Waals surface area contributed by atoms with Crippen molar-refractivity contribution in [2.24, 2.45) is 0 Å². The standard InChI is InChI=1S/C22H22O6/c1-22(2)5-4-11-15(28-22)8-18-19(20(11)23-3)21-13(9-24-18)12-6-16-17(26-10-25-16)7-14(12)27-21/h6-8,13,21H,4-5,9-10H2,1-3H3. The maximum atomic E-state index is 6.40. The second-order valence-corrected chi connectivity index (χ2v) is 8.36. The van der Waals surface area contributed by atoms with Crippen molar-refractivity contribution in [3.63, 3.8) is 0 Å². The van der Waals surface area contributed by atoms with Crippen molar-refractivity contribution in [3.05, 3.63) is 34.9 Å². The van der Waals surface area contributed by atoms with Gasteiger partial charge in [-0.2, -0.15) is 0 Å². The van der Waals surface area contributed by atoms with Crippen LogP contribution in [0.15, 0.2) is 18.2 Å². The monoisotopic (exact) mass is 382 g/mol. The third-order valence-corrected chi connectivity index (χ3v) is 6.14. The minimum absolute atomic E-state index is 0.0879. The van der Waals surface area contributed by atoms with Gasteiger partial charge in [0.15, 0.2) is 11.5 Å². The molecular formula is C22H22O6. The molecule has 0 saturated heterocycles. The second kappa shape index (κ2) is 5.40. The summed E-state index contributed by atoms with van der Waals surface area (Å²) in [5, 5.41) is 0. The van der Waals surface area contributed by atoms with Crippen LogP contribution in [0.2, 0.25) is 0 Å². The Morgan fingerprint density at radius 2 is 1.75 bits per heavy atom. The van der Waals surface area contributed by atoms with Gasteiger partial charge in [0, 0.05) is 23.3 Å². The third kappa shape index (κ3) is 2.14. The molecule has 0 amide bonds. The Morgan fingerprint density at radius 1 is 0.964 bits per heavy atom. The Morgan fingerprint density at radius 3 is 2.57 bits per heavy atom. The molecule has 0 saturated carbocycles. The van der Waals surface area contributed by atoms with E-state index in [0.717, 1.165) is 64.0 Å². The van der Waals surface area contributed by atoms with Gasteiger partial charge in [-0.05, 0) is 32.8 Å². The fraction of sp³-hybridized carbons (Fsp3) is 0.455. The molecule has 6 heteroatoms. The first-order chi connectivity index (χ1) is 13.5. The van der Waals surface area contributed by atoms with E-state index in [1.165, 1.54) is 0 Å². The predicted octanol–water partition coefficient (Wildman–Crippen LogP) is 4.14. The molecule has 0 N–H and O–H groups in total. The van der Waals surface area contributed by atoms with Crippen molar-refractivity contribution in [2.45, 2.75) is 44.3 Å². The minimum atomic E-state index is -0.190. The molecule has 6 rings (SSSR count). The Bertz CT molecular complexity index is 995. The van der Waals surface area contributed by atoms with Crippen LogP contribution < -0.4 is 28.4 Å². The molecule has 2 unspecified atom stereocenters. The summed E-state index contributed by atoms with van der Waals surface area (Å²) in [5.74, 6) is 4.86. The van der Waals surface area contributed by atoms with E-state index in [-0.39, 0.29) is 24.4 Å². The van der Waals surface area contributed by atoms with Gasteiger partial charge in [-0.1, -0.05) is 0 Å². The molecule has 0 bridgehead atoms. The SMILES string of the molecule is COc1c2c(cc3c1C1Oc4cc5c(cc4C1CO3)OCO5)OC(C)(C)CC2. The van der Waals surface area contributed by atoms with Crippen molar-refractivity contribution < 1.29 is 28.4 Å². The zero-order valence-corrected chi connectivity index (χ0v) is 16.2. The number of hydrogen-bond donors (Lipinski definition) is 0. The Labute approximate surface area is 163 Å². The van der Waals surface area contributed by atoms with Crippen LogP contribution in [-0.4, -0.2) is 26.1 Å². The van der Waals surface area contributed by atoms with Crippen molar-refractivity contribution >= 4 is 0 Å². The topological polar surface area (TPSA) is 55.4 Å². The first-order valence-corrected chi connectivity index (χ1v) is 9.70. The van der Waals surface area contributed by atoms with E-state index in [9.17, 15) is 0 Å². The number of ether oxygens (including phenoxy) is 6. The van der Waals surface area contributed by atoms with Gasteiger partial charge >= 0.3 is 0 Å². The molecule has 146 valence electrons. The van der Waals surface area contributed by atoms with Gasteiger partial charge in [-0.15, -0.1) is 0 Å². The van der Waals surface area contributed by atoms with Crippen LogP contribution in [0.1, 0.15) is 49.0 Å². The average Bonchev–Trinajstić information content (AvgIpc) is 3.26. The third-order valence-electron chi connectivity index (χ3n) is 6.14. The number of hydrogen-bond acceptors (Lipinski definition) is 6. The summed E-state index contributed by atoms with van der Waals surface area (Å²) in [5.41, 5.74) is 2.97. The highest BCUT2D eigenvalue weighted by Crippen LogP contribution is 2.58. The van der Waals surface area contributed by atoms with Gasteiger partial charge in [-0.3, -0.25) is 0 Å². The predicted molar refractivity (Wildman–Crippen MR) is 100 cm³/mol. The van der Waals surface area contributed by atoms with Crippen LogP contribution in [0.3, 0.4) is 0 Å². The van der Waals surface area contributed by atoms with E-state index in [4.69, 9.17) is 28.4 Å². The molecule has 6 nitrogen and oxygen atoms in total. The molecule has 28 heavy (non-hydrogen) atoms. The first-order valence-electron chi connectivity index (χ1n) is 9.70. The molecule has 4 aliphatic heterocycles.